The first-order chi connectivity index (χ1) is 11.9. The molecule has 1 aromatic carbocycles. The summed E-state index contributed by atoms with van der Waals surface area (Å²) in [5.74, 6) is 0.881. The van der Waals surface area contributed by atoms with Gasteiger partial charge >= 0.3 is 0 Å². The molecule has 2 N–H and O–H groups in total. The lowest BCUT2D eigenvalue weighted by molar-refractivity contribution is -0.118. The molecule has 0 bridgehead atoms. The highest BCUT2D eigenvalue weighted by molar-refractivity contribution is 8.01. The summed E-state index contributed by atoms with van der Waals surface area (Å²) in [6, 6.07) is 9.17. The van der Waals surface area contributed by atoms with Crippen LogP contribution < -0.4 is 10.6 Å². The quantitative estimate of drug-likeness (QED) is 0.734. The van der Waals surface area contributed by atoms with Crippen LogP contribution >= 0.6 is 23.4 Å². The predicted octanol–water partition coefficient (Wildman–Crippen LogP) is 3.06. The second-order valence-electron chi connectivity index (χ2n) is 5.50. The first-order valence-corrected chi connectivity index (χ1v) is 9.23. The number of nitrogens with zero attached hydrogens (tertiary/aromatic N) is 1. The molecule has 1 aromatic heterocycles. The van der Waals surface area contributed by atoms with Crippen molar-refractivity contribution in [2.45, 2.75) is 25.5 Å². The van der Waals surface area contributed by atoms with E-state index in [0.29, 0.717) is 29.6 Å². The molecule has 0 saturated carbocycles. The monoisotopic (exact) mass is 381 g/mol. The maximum Gasteiger partial charge on any atom is 0.238 e. The second kappa shape index (κ2) is 9.48. The third kappa shape index (κ3) is 6.80. The number of rotatable bonds is 8. The number of aromatic nitrogens is 1. The highest BCUT2D eigenvalue weighted by atomic mass is 35.5. The molecular formula is C17H20ClN3O3S. The van der Waals surface area contributed by atoms with Crippen molar-refractivity contribution in [1.29, 1.82) is 0 Å². The molecule has 134 valence electrons. The number of halogens is 1. The Morgan fingerprint density at radius 2 is 2.16 bits per heavy atom. The zero-order valence-electron chi connectivity index (χ0n) is 14.0. The summed E-state index contributed by atoms with van der Waals surface area (Å²) < 4.78 is 4.89. The number of hydrogen-bond donors (Lipinski definition) is 2. The molecule has 0 fully saturated rings. The van der Waals surface area contributed by atoms with E-state index >= 15 is 0 Å². The van der Waals surface area contributed by atoms with Gasteiger partial charge in [0.25, 0.3) is 0 Å². The zero-order valence-corrected chi connectivity index (χ0v) is 15.6. The van der Waals surface area contributed by atoms with Gasteiger partial charge < -0.3 is 15.2 Å². The molecule has 1 unspecified atom stereocenters. The molecule has 0 aliphatic heterocycles. The fourth-order valence-corrected chi connectivity index (χ4v) is 2.95. The van der Waals surface area contributed by atoms with E-state index in [1.54, 1.807) is 19.9 Å². The molecule has 2 aromatic rings. The van der Waals surface area contributed by atoms with Gasteiger partial charge in [-0.3, -0.25) is 9.59 Å². The van der Waals surface area contributed by atoms with Gasteiger partial charge in [0, 0.05) is 17.6 Å². The van der Waals surface area contributed by atoms with Gasteiger partial charge in [0.05, 0.1) is 11.0 Å². The molecule has 8 heteroatoms. The Morgan fingerprint density at radius 1 is 1.36 bits per heavy atom. The molecular weight excluding hydrogens is 362 g/mol. The zero-order chi connectivity index (χ0) is 18.2. The fraction of sp³-hybridized carbons (Fsp3) is 0.353. The fourth-order valence-electron chi connectivity index (χ4n) is 2.02. The lowest BCUT2D eigenvalue weighted by atomic mass is 10.1. The van der Waals surface area contributed by atoms with Gasteiger partial charge in [-0.1, -0.05) is 28.9 Å². The van der Waals surface area contributed by atoms with Crippen molar-refractivity contribution in [2.75, 3.05) is 17.6 Å². The van der Waals surface area contributed by atoms with Crippen molar-refractivity contribution in [3.05, 3.63) is 46.7 Å². The molecule has 6 nitrogen and oxygen atoms in total. The maximum absolute atomic E-state index is 12.0. The lowest BCUT2D eigenvalue weighted by Gasteiger charge is -2.10. The van der Waals surface area contributed by atoms with Crippen molar-refractivity contribution in [1.82, 2.24) is 10.5 Å². The minimum Gasteiger partial charge on any atom is -0.360 e. The van der Waals surface area contributed by atoms with Crippen molar-refractivity contribution in [3.8, 4) is 0 Å². The number of hydrogen-bond acceptors (Lipinski definition) is 5. The van der Waals surface area contributed by atoms with E-state index in [1.165, 1.54) is 11.8 Å². The second-order valence-corrected chi connectivity index (χ2v) is 7.26. The van der Waals surface area contributed by atoms with Crippen LogP contribution in [-0.2, 0) is 16.0 Å². The van der Waals surface area contributed by atoms with Crippen LogP contribution in [0.2, 0.25) is 5.02 Å². The first-order valence-electron chi connectivity index (χ1n) is 7.81. The summed E-state index contributed by atoms with van der Waals surface area (Å²) in [6.07, 6.45) is 0.707. The van der Waals surface area contributed by atoms with Gasteiger partial charge in [0.1, 0.15) is 5.76 Å². The average Bonchev–Trinajstić information content (AvgIpc) is 2.97. The maximum atomic E-state index is 12.0. The summed E-state index contributed by atoms with van der Waals surface area (Å²) in [4.78, 5) is 23.9. The topological polar surface area (TPSA) is 84.2 Å². The van der Waals surface area contributed by atoms with Crippen LogP contribution in [0, 0.1) is 6.92 Å². The Morgan fingerprint density at radius 3 is 2.84 bits per heavy atom. The highest BCUT2D eigenvalue weighted by Gasteiger charge is 2.16. The Balaban J connectivity index is 1.65. The van der Waals surface area contributed by atoms with Crippen molar-refractivity contribution >= 4 is 41.0 Å². The molecule has 0 spiro atoms. The molecule has 25 heavy (non-hydrogen) atoms. The standard InChI is InChI=1S/C17H20ClN3O3S/c1-11-8-15(21-24-11)20-17(23)12(2)25-10-16(22)19-7-6-13-4-3-5-14(18)9-13/h3-5,8-9,12H,6-7,10H2,1-2H3,(H,19,22)(H,20,21,23). The van der Waals surface area contributed by atoms with Crippen LogP contribution in [0.4, 0.5) is 5.82 Å². The normalized spacial score (nSPS) is 11.8. The van der Waals surface area contributed by atoms with Crippen LogP contribution in [0.3, 0.4) is 0 Å². The summed E-state index contributed by atoms with van der Waals surface area (Å²) in [6.45, 7) is 4.01. The number of thioether (sulfide) groups is 1. The molecule has 2 amide bonds. The van der Waals surface area contributed by atoms with Crippen LogP contribution in [-0.4, -0.2) is 34.5 Å². The Labute approximate surface area is 155 Å². The van der Waals surface area contributed by atoms with Crippen molar-refractivity contribution < 1.29 is 14.1 Å². The lowest BCUT2D eigenvalue weighted by Crippen LogP contribution is -2.30. The minimum atomic E-state index is -0.379. The Bertz CT molecular complexity index is 735. The number of amides is 2. The van der Waals surface area contributed by atoms with Crippen molar-refractivity contribution in [3.63, 3.8) is 0 Å². The van der Waals surface area contributed by atoms with E-state index < -0.39 is 0 Å². The van der Waals surface area contributed by atoms with Crippen LogP contribution in [0.15, 0.2) is 34.9 Å². The predicted molar refractivity (Wildman–Crippen MR) is 100.0 cm³/mol. The highest BCUT2D eigenvalue weighted by Crippen LogP contribution is 2.14. The van der Waals surface area contributed by atoms with Gasteiger partial charge in [0.2, 0.25) is 11.8 Å². The van der Waals surface area contributed by atoms with E-state index in [9.17, 15) is 9.59 Å². The number of carbonyl (C=O) groups excluding carboxylic acids is 2. The Kier molecular flexibility index (Phi) is 7.33. The van der Waals surface area contributed by atoms with Crippen molar-refractivity contribution in [2.24, 2.45) is 0 Å². The van der Waals surface area contributed by atoms with E-state index in [2.05, 4.69) is 15.8 Å². The number of aryl methyl sites for hydroxylation is 1. The molecule has 2 rings (SSSR count). The van der Waals surface area contributed by atoms with E-state index in [-0.39, 0.29) is 22.8 Å². The number of nitrogens with one attached hydrogen (secondary N) is 2. The molecule has 0 aliphatic carbocycles. The molecule has 0 radical (unpaired) electrons. The Hall–Kier alpha value is -1.99. The van der Waals surface area contributed by atoms with E-state index in [0.717, 1.165) is 5.56 Å². The van der Waals surface area contributed by atoms with Gasteiger partial charge in [-0.15, -0.1) is 11.8 Å². The molecule has 0 saturated heterocycles. The molecule has 0 aliphatic rings. The third-order valence-corrected chi connectivity index (χ3v) is 4.72. The summed E-state index contributed by atoms with van der Waals surface area (Å²) in [5, 5.41) is 9.49. The van der Waals surface area contributed by atoms with Gasteiger partial charge in [-0.05, 0) is 38.0 Å². The van der Waals surface area contributed by atoms with Gasteiger partial charge in [0.15, 0.2) is 5.82 Å². The summed E-state index contributed by atoms with van der Waals surface area (Å²) in [5.41, 5.74) is 1.07. The molecule has 1 atom stereocenters. The average molecular weight is 382 g/mol. The van der Waals surface area contributed by atoms with Gasteiger partial charge in [-0.2, -0.15) is 0 Å². The molecule has 1 heterocycles. The van der Waals surface area contributed by atoms with Crippen LogP contribution in [0.5, 0.6) is 0 Å². The minimum absolute atomic E-state index is 0.107. The summed E-state index contributed by atoms with van der Waals surface area (Å²) in [7, 11) is 0. The smallest absolute Gasteiger partial charge is 0.238 e. The number of carbonyl (C=O) groups is 2. The first kappa shape index (κ1) is 19.3. The SMILES string of the molecule is Cc1cc(NC(=O)C(C)SCC(=O)NCCc2cccc(Cl)c2)no1. The van der Waals surface area contributed by atoms with E-state index in [4.69, 9.17) is 16.1 Å². The third-order valence-electron chi connectivity index (χ3n) is 3.34. The largest absolute Gasteiger partial charge is 0.360 e. The number of benzene rings is 1. The summed E-state index contributed by atoms with van der Waals surface area (Å²) >= 11 is 7.18. The van der Waals surface area contributed by atoms with Crippen LogP contribution in [0.1, 0.15) is 18.2 Å². The number of anilines is 1. The van der Waals surface area contributed by atoms with Crippen LogP contribution in [0.25, 0.3) is 0 Å². The van der Waals surface area contributed by atoms with E-state index in [1.807, 2.05) is 24.3 Å². The van der Waals surface area contributed by atoms with Gasteiger partial charge in [-0.25, -0.2) is 0 Å².